The van der Waals surface area contributed by atoms with Crippen LogP contribution >= 0.6 is 0 Å². The van der Waals surface area contributed by atoms with Crippen LogP contribution in [0, 0.1) is 0 Å². The molecule has 0 bridgehead atoms. The van der Waals surface area contributed by atoms with Gasteiger partial charge < -0.3 is 50.9 Å². The second kappa shape index (κ2) is 10.7. The summed E-state index contributed by atoms with van der Waals surface area (Å²) in [5.41, 5.74) is 5.62. The quantitative estimate of drug-likeness (QED) is 0.118. The van der Waals surface area contributed by atoms with Crippen LogP contribution in [-0.2, 0) is 15.9 Å². The highest BCUT2D eigenvalue weighted by molar-refractivity contribution is 6.31. The summed E-state index contributed by atoms with van der Waals surface area (Å²) in [6.07, 6.45) is -4.46. The smallest absolute Gasteiger partial charge is 0.202 e. The number of benzene rings is 2. The molecule has 2 aliphatic carbocycles. The molecule has 13 heteroatoms. The number of aliphatic hydroxyl groups is 3. The van der Waals surface area contributed by atoms with E-state index in [1.807, 2.05) is 0 Å². The van der Waals surface area contributed by atoms with Crippen LogP contribution in [0.4, 0.5) is 0 Å². The molecule has 0 spiro atoms. The Labute approximate surface area is 235 Å². The lowest BCUT2D eigenvalue weighted by Crippen LogP contribution is -2.53. The van der Waals surface area contributed by atoms with Crippen LogP contribution in [0.25, 0.3) is 0 Å². The first kappa shape index (κ1) is 28.9. The number of hydrogen-bond donors (Lipinski definition) is 7. The third-order valence-corrected chi connectivity index (χ3v) is 8.08. The Hall–Kier alpha value is -3.59. The van der Waals surface area contributed by atoms with Crippen molar-refractivity contribution in [3.05, 3.63) is 51.6 Å². The molecule has 3 aliphatic rings. The van der Waals surface area contributed by atoms with Crippen LogP contribution in [0.1, 0.15) is 68.8 Å². The van der Waals surface area contributed by atoms with Crippen molar-refractivity contribution in [1.82, 2.24) is 5.43 Å². The zero-order valence-electron chi connectivity index (χ0n) is 22.7. The molecule has 220 valence electrons. The fourth-order valence-corrected chi connectivity index (χ4v) is 6.03. The van der Waals surface area contributed by atoms with Gasteiger partial charge in [0.1, 0.15) is 22.8 Å². The monoisotopic (exact) mass is 571 g/mol. The number of nitrogens with zero attached hydrogens (tertiary/aromatic N) is 1. The van der Waals surface area contributed by atoms with Crippen molar-refractivity contribution in [3.8, 4) is 17.2 Å². The van der Waals surface area contributed by atoms with E-state index >= 15 is 0 Å². The van der Waals surface area contributed by atoms with Gasteiger partial charge in [0.25, 0.3) is 0 Å². The zero-order valence-corrected chi connectivity index (χ0v) is 22.7. The SMILES string of the molecule is CN/N=C(\CO)[C@]1(O)Cc2c(O)c3c(c(O)c2C(OC2CC(N)C(O)C(C)O2)C1)C(=O)c1c(OC)cccc1C3=O. The molecule has 1 aliphatic heterocycles. The van der Waals surface area contributed by atoms with E-state index in [2.05, 4.69) is 10.5 Å². The van der Waals surface area contributed by atoms with E-state index in [-0.39, 0.29) is 53.0 Å². The first-order valence-corrected chi connectivity index (χ1v) is 13.2. The number of rotatable bonds is 6. The molecule has 8 N–H and O–H groups in total. The number of carbonyl (C=O) groups excluding carboxylic acids is 2. The number of hydrogen-bond acceptors (Lipinski definition) is 13. The van der Waals surface area contributed by atoms with E-state index in [9.17, 15) is 35.1 Å². The summed E-state index contributed by atoms with van der Waals surface area (Å²) in [5.74, 6) is -2.54. The third-order valence-electron chi connectivity index (χ3n) is 8.08. The fourth-order valence-electron chi connectivity index (χ4n) is 6.03. The van der Waals surface area contributed by atoms with E-state index in [0.717, 1.165) is 0 Å². The summed E-state index contributed by atoms with van der Waals surface area (Å²) in [5, 5.41) is 59.1. The van der Waals surface area contributed by atoms with Crippen molar-refractivity contribution < 1.29 is 49.3 Å². The van der Waals surface area contributed by atoms with E-state index in [4.69, 9.17) is 19.9 Å². The predicted octanol–water partition coefficient (Wildman–Crippen LogP) is 0.00760. The van der Waals surface area contributed by atoms with Crippen LogP contribution in [-0.4, -0.2) is 93.7 Å². The van der Waals surface area contributed by atoms with Crippen molar-refractivity contribution in [2.75, 3.05) is 20.8 Å². The number of aromatic hydroxyl groups is 2. The number of nitrogens with two attached hydrogens (primary N) is 1. The van der Waals surface area contributed by atoms with Crippen molar-refractivity contribution >= 4 is 17.3 Å². The highest BCUT2D eigenvalue weighted by Crippen LogP contribution is 2.52. The van der Waals surface area contributed by atoms with Crippen molar-refractivity contribution in [3.63, 3.8) is 0 Å². The first-order valence-electron chi connectivity index (χ1n) is 13.2. The fraction of sp³-hybridized carbons (Fsp3) is 0.464. The van der Waals surface area contributed by atoms with Crippen molar-refractivity contribution in [1.29, 1.82) is 0 Å². The van der Waals surface area contributed by atoms with Gasteiger partial charge in [-0.2, -0.15) is 5.10 Å². The molecule has 41 heavy (non-hydrogen) atoms. The number of carbonyl (C=O) groups is 2. The Bertz CT molecular complexity index is 1430. The van der Waals surface area contributed by atoms with Gasteiger partial charge in [-0.05, 0) is 13.0 Å². The summed E-state index contributed by atoms with van der Waals surface area (Å²) in [6, 6.07) is 3.76. The molecule has 6 atom stereocenters. The first-order chi connectivity index (χ1) is 19.5. The van der Waals surface area contributed by atoms with Gasteiger partial charge in [-0.3, -0.25) is 9.59 Å². The topological polar surface area (TPSA) is 213 Å². The van der Waals surface area contributed by atoms with Crippen LogP contribution in [0.5, 0.6) is 17.2 Å². The van der Waals surface area contributed by atoms with Crippen molar-refractivity contribution in [2.45, 2.75) is 62.4 Å². The van der Waals surface area contributed by atoms with Gasteiger partial charge in [-0.1, -0.05) is 12.1 Å². The highest BCUT2D eigenvalue weighted by Gasteiger charge is 2.49. The van der Waals surface area contributed by atoms with E-state index in [0.29, 0.717) is 0 Å². The van der Waals surface area contributed by atoms with Gasteiger partial charge in [0.05, 0.1) is 54.4 Å². The Morgan fingerprint density at radius 1 is 1.20 bits per heavy atom. The summed E-state index contributed by atoms with van der Waals surface area (Å²) in [6.45, 7) is 0.957. The number of ketones is 2. The second-order valence-electron chi connectivity index (χ2n) is 10.5. The Balaban J connectivity index is 1.70. The number of ether oxygens (including phenoxy) is 3. The number of hydrazone groups is 1. The molecule has 0 amide bonds. The molecule has 1 saturated heterocycles. The molecule has 0 radical (unpaired) electrons. The maximum Gasteiger partial charge on any atom is 0.202 e. The number of fused-ring (bicyclic) bond motifs is 3. The van der Waals surface area contributed by atoms with Crippen LogP contribution in [0.2, 0.25) is 0 Å². The molecule has 5 rings (SSSR count). The molecule has 0 saturated carbocycles. The standard InChI is InChI=1S/C28H33N3O10/c1-11-23(33)14(29)7-18(40-11)41-16-9-28(38,17(10-32)31-30-2)8-13-20(16)27(37)22-21(25(13)35)24(34)12-5-4-6-15(39-3)19(12)26(22)36/h4-6,11,14,16,18,23,30,32-33,35,37-38H,7-10,29H2,1-3H3/b31-17+/t11?,14?,16?,18?,23?,28-/m0/s1. The average Bonchev–Trinajstić information content (AvgIpc) is 2.94. The molecular weight excluding hydrogens is 538 g/mol. The molecule has 2 aromatic rings. The molecule has 1 heterocycles. The van der Waals surface area contributed by atoms with Gasteiger partial charge in [0.2, 0.25) is 5.78 Å². The number of nitrogens with one attached hydrogen (secondary N) is 1. The summed E-state index contributed by atoms with van der Waals surface area (Å²) >= 11 is 0. The number of aliphatic hydroxyl groups excluding tert-OH is 2. The minimum Gasteiger partial charge on any atom is -0.507 e. The Morgan fingerprint density at radius 2 is 1.90 bits per heavy atom. The van der Waals surface area contributed by atoms with Gasteiger partial charge in [-0.15, -0.1) is 0 Å². The van der Waals surface area contributed by atoms with E-state index in [1.165, 1.54) is 32.4 Å². The van der Waals surface area contributed by atoms with Gasteiger partial charge in [-0.25, -0.2) is 0 Å². The lowest BCUT2D eigenvalue weighted by atomic mass is 9.71. The minimum absolute atomic E-state index is 0.0136. The van der Waals surface area contributed by atoms with Gasteiger partial charge >= 0.3 is 0 Å². The average molecular weight is 572 g/mol. The van der Waals surface area contributed by atoms with Crippen molar-refractivity contribution in [2.24, 2.45) is 10.8 Å². The highest BCUT2D eigenvalue weighted by atomic mass is 16.7. The molecule has 13 nitrogen and oxygen atoms in total. The second-order valence-corrected chi connectivity index (χ2v) is 10.5. The molecule has 5 unspecified atom stereocenters. The maximum atomic E-state index is 13.8. The molecule has 0 aromatic heterocycles. The Kier molecular flexibility index (Phi) is 7.53. The third kappa shape index (κ3) is 4.54. The van der Waals surface area contributed by atoms with Crippen LogP contribution in [0.3, 0.4) is 0 Å². The maximum absolute atomic E-state index is 13.8. The van der Waals surface area contributed by atoms with E-state index < -0.39 is 77.0 Å². The van der Waals surface area contributed by atoms with Crippen LogP contribution < -0.4 is 15.9 Å². The Morgan fingerprint density at radius 3 is 2.54 bits per heavy atom. The largest absolute Gasteiger partial charge is 0.507 e. The van der Waals surface area contributed by atoms with Crippen LogP contribution in [0.15, 0.2) is 23.3 Å². The predicted molar refractivity (Wildman–Crippen MR) is 143 cm³/mol. The zero-order chi connectivity index (χ0) is 29.8. The number of phenolic OH excluding ortho intramolecular Hbond substituents is 2. The van der Waals surface area contributed by atoms with E-state index in [1.54, 1.807) is 6.92 Å². The summed E-state index contributed by atoms with van der Waals surface area (Å²) < 4.78 is 17.3. The van der Waals surface area contributed by atoms with Gasteiger partial charge in [0.15, 0.2) is 12.1 Å². The molecule has 2 aromatic carbocycles. The minimum atomic E-state index is -1.90. The molecule has 1 fully saturated rings. The normalized spacial score (nSPS) is 29.4. The number of methoxy groups -OCH3 is 1. The lowest BCUT2D eigenvalue weighted by Gasteiger charge is -2.43. The summed E-state index contributed by atoms with van der Waals surface area (Å²) in [4.78, 5) is 27.4. The number of phenols is 2. The summed E-state index contributed by atoms with van der Waals surface area (Å²) in [7, 11) is 2.82. The van der Waals surface area contributed by atoms with Gasteiger partial charge in [0, 0.05) is 49.0 Å². The molecular formula is C28H33N3O10. The lowest BCUT2D eigenvalue weighted by molar-refractivity contribution is -0.245.